The molecule has 26 heavy (non-hydrogen) atoms. The van der Waals surface area contributed by atoms with E-state index in [0.717, 1.165) is 26.0 Å². The standard InChI is InChI=1S/C21H47NO2S2/c1-12-18-23-21(6,7)16-19-24-20(4,5)15-17-22(25(8,9)13-2)26(10,11)14-3/h12H,1,13-19H2,2-11H3. The van der Waals surface area contributed by atoms with Crippen molar-refractivity contribution in [3.8, 4) is 0 Å². The van der Waals surface area contributed by atoms with E-state index < -0.39 is 20.4 Å². The highest BCUT2D eigenvalue weighted by atomic mass is 32.3. The zero-order valence-electron chi connectivity index (χ0n) is 19.3. The van der Waals surface area contributed by atoms with Gasteiger partial charge in [0.25, 0.3) is 0 Å². The Labute approximate surface area is 168 Å². The van der Waals surface area contributed by atoms with Gasteiger partial charge in [-0.1, -0.05) is 19.9 Å². The van der Waals surface area contributed by atoms with Crippen LogP contribution in [0.1, 0.15) is 54.4 Å². The van der Waals surface area contributed by atoms with E-state index in [1.54, 1.807) is 6.08 Å². The number of nitrogens with zero attached hydrogens (tertiary/aromatic N) is 1. The van der Waals surface area contributed by atoms with Crippen LogP contribution in [0.15, 0.2) is 12.7 Å². The average molecular weight is 410 g/mol. The van der Waals surface area contributed by atoms with Gasteiger partial charge in [-0.3, -0.25) is 0 Å². The SMILES string of the molecule is C=CCOC(C)(C)CCOC(C)(C)CCN(S(C)(C)CC)S(C)(C)CC. The highest BCUT2D eigenvalue weighted by molar-refractivity contribution is 8.44. The van der Waals surface area contributed by atoms with Gasteiger partial charge in [0.15, 0.2) is 0 Å². The molecule has 160 valence electrons. The summed E-state index contributed by atoms with van der Waals surface area (Å²) in [5.41, 5.74) is -0.279. The summed E-state index contributed by atoms with van der Waals surface area (Å²) in [6, 6.07) is 0. The van der Waals surface area contributed by atoms with Gasteiger partial charge in [0.1, 0.15) is 0 Å². The second-order valence-corrected chi connectivity index (χ2v) is 17.2. The van der Waals surface area contributed by atoms with Gasteiger partial charge < -0.3 is 9.47 Å². The summed E-state index contributed by atoms with van der Waals surface area (Å²) in [6.45, 7) is 19.5. The number of hydrogen-bond acceptors (Lipinski definition) is 3. The Morgan fingerprint density at radius 3 is 1.73 bits per heavy atom. The molecule has 0 aromatic rings. The first-order valence-corrected chi connectivity index (χ1v) is 15.0. The van der Waals surface area contributed by atoms with Crippen LogP contribution in [0.25, 0.3) is 0 Å². The van der Waals surface area contributed by atoms with Crippen LogP contribution in [0, 0.1) is 0 Å². The lowest BCUT2D eigenvalue weighted by molar-refractivity contribution is -0.0682. The molecular formula is C21H47NO2S2. The highest BCUT2D eigenvalue weighted by Crippen LogP contribution is 2.60. The second kappa shape index (κ2) is 10.8. The fourth-order valence-corrected chi connectivity index (χ4v) is 9.44. The van der Waals surface area contributed by atoms with Crippen LogP contribution >= 0.6 is 20.4 Å². The molecule has 0 aliphatic heterocycles. The van der Waals surface area contributed by atoms with Crippen molar-refractivity contribution in [2.45, 2.75) is 65.6 Å². The Hall–Kier alpha value is 0.320. The molecule has 0 aromatic carbocycles. The van der Waals surface area contributed by atoms with Gasteiger partial charge in [-0.25, -0.2) is 3.71 Å². The van der Waals surface area contributed by atoms with Crippen LogP contribution in [0.3, 0.4) is 0 Å². The van der Waals surface area contributed by atoms with Gasteiger partial charge in [-0.2, -0.15) is 20.4 Å². The minimum Gasteiger partial charge on any atom is -0.375 e. The molecule has 0 rings (SSSR count). The number of ether oxygens (including phenoxy) is 2. The molecule has 0 atom stereocenters. The van der Waals surface area contributed by atoms with Crippen molar-refractivity contribution in [2.24, 2.45) is 0 Å². The van der Waals surface area contributed by atoms with Crippen LogP contribution in [0.4, 0.5) is 0 Å². The van der Waals surface area contributed by atoms with Crippen LogP contribution in [-0.4, -0.2) is 71.2 Å². The van der Waals surface area contributed by atoms with Crippen LogP contribution in [0.5, 0.6) is 0 Å². The lowest BCUT2D eigenvalue weighted by atomic mass is 10.0. The minimum absolute atomic E-state index is 0.112. The van der Waals surface area contributed by atoms with Crippen LogP contribution < -0.4 is 0 Å². The number of hydrogen-bond donors (Lipinski definition) is 0. The van der Waals surface area contributed by atoms with E-state index in [1.807, 2.05) is 0 Å². The fraction of sp³-hybridized carbons (Fsp3) is 0.905. The van der Waals surface area contributed by atoms with Crippen molar-refractivity contribution in [2.75, 3.05) is 56.3 Å². The molecule has 0 unspecified atom stereocenters. The molecule has 0 aromatic heterocycles. The molecule has 0 saturated heterocycles. The van der Waals surface area contributed by atoms with Crippen molar-refractivity contribution in [1.82, 2.24) is 3.71 Å². The summed E-state index contributed by atoms with van der Waals surface area (Å²) in [6.07, 6.45) is 13.6. The van der Waals surface area contributed by atoms with E-state index in [9.17, 15) is 0 Å². The smallest absolute Gasteiger partial charge is 0.0652 e. The molecule has 0 radical (unpaired) electrons. The Morgan fingerprint density at radius 1 is 0.846 bits per heavy atom. The summed E-state index contributed by atoms with van der Waals surface area (Å²) in [5.74, 6) is 2.50. The Bertz CT molecular complexity index is 404. The van der Waals surface area contributed by atoms with Gasteiger partial charge >= 0.3 is 0 Å². The maximum Gasteiger partial charge on any atom is 0.0652 e. The molecule has 5 heteroatoms. The highest BCUT2D eigenvalue weighted by Gasteiger charge is 2.31. The van der Waals surface area contributed by atoms with Crippen molar-refractivity contribution in [3.05, 3.63) is 12.7 Å². The van der Waals surface area contributed by atoms with E-state index in [4.69, 9.17) is 9.47 Å². The van der Waals surface area contributed by atoms with Crippen molar-refractivity contribution in [3.63, 3.8) is 0 Å². The first-order chi connectivity index (χ1) is 11.7. The molecule has 0 saturated carbocycles. The van der Waals surface area contributed by atoms with Crippen molar-refractivity contribution < 1.29 is 9.47 Å². The first-order valence-electron chi connectivity index (χ1n) is 9.82. The maximum atomic E-state index is 6.27. The molecular weight excluding hydrogens is 362 g/mol. The van der Waals surface area contributed by atoms with Gasteiger partial charge in [0.2, 0.25) is 0 Å². The molecule has 3 nitrogen and oxygen atoms in total. The summed E-state index contributed by atoms with van der Waals surface area (Å²) in [5, 5.41) is 0. The summed E-state index contributed by atoms with van der Waals surface area (Å²) in [4.78, 5) is 0. The molecule has 0 fully saturated rings. The zero-order valence-corrected chi connectivity index (χ0v) is 20.9. The maximum absolute atomic E-state index is 6.27. The molecule has 0 N–H and O–H groups in total. The monoisotopic (exact) mass is 409 g/mol. The van der Waals surface area contributed by atoms with Gasteiger partial charge in [0, 0.05) is 6.54 Å². The van der Waals surface area contributed by atoms with Gasteiger partial charge in [-0.15, -0.1) is 6.58 Å². The van der Waals surface area contributed by atoms with E-state index in [2.05, 4.69) is 76.9 Å². The average Bonchev–Trinajstić information content (AvgIpc) is 2.52. The molecule has 0 heterocycles. The first kappa shape index (κ1) is 26.3. The predicted octanol–water partition coefficient (Wildman–Crippen LogP) is 5.84. The third-order valence-corrected chi connectivity index (χ3v) is 13.0. The lowest BCUT2D eigenvalue weighted by Crippen LogP contribution is -2.37. The normalized spacial score (nSPS) is 15.3. The Kier molecular flexibility index (Phi) is 10.9. The summed E-state index contributed by atoms with van der Waals surface area (Å²) in [7, 11) is -1.44. The minimum atomic E-state index is -0.721. The quantitative estimate of drug-likeness (QED) is 0.336. The summed E-state index contributed by atoms with van der Waals surface area (Å²) < 4.78 is 14.9. The largest absolute Gasteiger partial charge is 0.375 e. The molecule has 0 spiro atoms. The number of rotatable bonds is 14. The van der Waals surface area contributed by atoms with E-state index in [0.29, 0.717) is 6.61 Å². The second-order valence-electron chi connectivity index (χ2n) is 9.06. The fourth-order valence-electron chi connectivity index (χ4n) is 2.69. The Morgan fingerprint density at radius 2 is 1.31 bits per heavy atom. The van der Waals surface area contributed by atoms with E-state index in [-0.39, 0.29) is 11.2 Å². The van der Waals surface area contributed by atoms with E-state index >= 15 is 0 Å². The Balaban J connectivity index is 4.74. The third-order valence-electron chi connectivity index (χ3n) is 5.20. The van der Waals surface area contributed by atoms with E-state index in [1.165, 1.54) is 11.5 Å². The molecule has 0 bridgehead atoms. The third kappa shape index (κ3) is 9.50. The zero-order chi connectivity index (χ0) is 20.6. The lowest BCUT2D eigenvalue weighted by Gasteiger charge is -2.55. The van der Waals surface area contributed by atoms with Crippen LogP contribution in [0.2, 0.25) is 0 Å². The van der Waals surface area contributed by atoms with Gasteiger partial charge in [0.05, 0.1) is 24.4 Å². The molecule has 0 aliphatic carbocycles. The summed E-state index contributed by atoms with van der Waals surface area (Å²) >= 11 is 0. The van der Waals surface area contributed by atoms with Crippen LogP contribution in [-0.2, 0) is 9.47 Å². The molecule has 0 aliphatic rings. The van der Waals surface area contributed by atoms with Crippen molar-refractivity contribution in [1.29, 1.82) is 0 Å². The van der Waals surface area contributed by atoms with Gasteiger partial charge in [-0.05, 0) is 77.1 Å². The topological polar surface area (TPSA) is 21.7 Å². The molecule has 0 amide bonds. The van der Waals surface area contributed by atoms with Crippen molar-refractivity contribution >= 4 is 20.4 Å². The predicted molar refractivity (Wildman–Crippen MR) is 126 cm³/mol.